The van der Waals surface area contributed by atoms with E-state index in [0.717, 1.165) is 24.2 Å². The Balaban J connectivity index is 3.05. The molecule has 3 nitrogen and oxygen atoms in total. The van der Waals surface area contributed by atoms with Crippen LogP contribution in [0.15, 0.2) is 23.5 Å². The molecule has 0 spiro atoms. The van der Waals surface area contributed by atoms with Crippen molar-refractivity contribution in [2.75, 3.05) is 20.3 Å². The van der Waals surface area contributed by atoms with E-state index < -0.39 is 4.32 Å². The molecule has 2 unspecified atom stereocenters. The standard InChI is InChI=1S/C14H21BrO3S/c1-4-10-6-7-14(15,13(16)19)11(5-2)12(10)18-9-8-17-3/h6-7,11H,4-5,8-9H2,1-3H3,(H,16,19). The lowest BCUT2D eigenvalue weighted by atomic mass is 9.82. The van der Waals surface area contributed by atoms with Gasteiger partial charge >= 0.3 is 0 Å². The highest BCUT2D eigenvalue weighted by atomic mass is 79.9. The SMILES string of the molecule is CCC1=C(OCCOC)C(CC)C(Br)(C(=O)S)C=C1. The van der Waals surface area contributed by atoms with E-state index in [2.05, 4.69) is 35.5 Å². The maximum absolute atomic E-state index is 11.8. The summed E-state index contributed by atoms with van der Waals surface area (Å²) in [5.41, 5.74) is 1.13. The quantitative estimate of drug-likeness (QED) is 0.434. The third-order valence-corrected chi connectivity index (χ3v) is 5.18. The Morgan fingerprint density at radius 1 is 1.47 bits per heavy atom. The van der Waals surface area contributed by atoms with Crippen molar-refractivity contribution in [1.29, 1.82) is 0 Å². The van der Waals surface area contributed by atoms with Crippen molar-refractivity contribution in [2.24, 2.45) is 5.92 Å². The van der Waals surface area contributed by atoms with E-state index in [0.29, 0.717) is 13.2 Å². The van der Waals surface area contributed by atoms with Gasteiger partial charge in [0, 0.05) is 13.0 Å². The monoisotopic (exact) mass is 348 g/mol. The Morgan fingerprint density at radius 3 is 2.63 bits per heavy atom. The van der Waals surface area contributed by atoms with Crippen LogP contribution in [0.2, 0.25) is 0 Å². The number of methoxy groups -OCH3 is 1. The van der Waals surface area contributed by atoms with Crippen LogP contribution in [0, 0.1) is 5.92 Å². The molecule has 0 bridgehead atoms. The third kappa shape index (κ3) is 3.64. The molecule has 1 aliphatic rings. The van der Waals surface area contributed by atoms with Crippen LogP contribution in [-0.4, -0.2) is 29.8 Å². The largest absolute Gasteiger partial charge is 0.495 e. The van der Waals surface area contributed by atoms with Crippen molar-refractivity contribution in [3.8, 4) is 0 Å². The van der Waals surface area contributed by atoms with E-state index in [1.54, 1.807) is 7.11 Å². The van der Waals surface area contributed by atoms with Gasteiger partial charge in [0.25, 0.3) is 0 Å². The maximum Gasteiger partial charge on any atom is 0.207 e. The highest BCUT2D eigenvalue weighted by Crippen LogP contribution is 2.44. The van der Waals surface area contributed by atoms with Crippen molar-refractivity contribution < 1.29 is 14.3 Å². The first-order valence-corrected chi connectivity index (χ1v) is 7.71. The van der Waals surface area contributed by atoms with Crippen LogP contribution in [0.3, 0.4) is 0 Å². The average molecular weight is 349 g/mol. The summed E-state index contributed by atoms with van der Waals surface area (Å²) in [6, 6.07) is 0. The fourth-order valence-corrected chi connectivity index (χ4v) is 3.15. The van der Waals surface area contributed by atoms with Crippen LogP contribution in [0.1, 0.15) is 26.7 Å². The van der Waals surface area contributed by atoms with Crippen molar-refractivity contribution >= 4 is 33.7 Å². The van der Waals surface area contributed by atoms with Gasteiger partial charge in [-0.1, -0.05) is 41.9 Å². The van der Waals surface area contributed by atoms with Crippen molar-refractivity contribution in [3.63, 3.8) is 0 Å². The molecule has 108 valence electrons. The predicted molar refractivity (Wildman–Crippen MR) is 83.7 cm³/mol. The molecule has 0 aromatic carbocycles. The number of halogens is 1. The molecule has 19 heavy (non-hydrogen) atoms. The molecular weight excluding hydrogens is 328 g/mol. The van der Waals surface area contributed by atoms with Crippen molar-refractivity contribution in [3.05, 3.63) is 23.5 Å². The topological polar surface area (TPSA) is 35.5 Å². The van der Waals surface area contributed by atoms with E-state index in [-0.39, 0.29) is 11.0 Å². The fraction of sp³-hybridized carbons (Fsp3) is 0.643. The van der Waals surface area contributed by atoms with Gasteiger partial charge in [-0.25, -0.2) is 0 Å². The van der Waals surface area contributed by atoms with E-state index >= 15 is 0 Å². The zero-order chi connectivity index (χ0) is 14.5. The molecule has 0 radical (unpaired) electrons. The molecule has 0 aliphatic heterocycles. The number of carbonyl (C=O) groups is 1. The molecule has 0 aromatic heterocycles. The average Bonchev–Trinajstić information content (AvgIpc) is 2.39. The molecule has 1 aliphatic carbocycles. The molecule has 0 saturated heterocycles. The van der Waals surface area contributed by atoms with Gasteiger partial charge in [-0.15, -0.1) is 12.6 Å². The molecule has 0 heterocycles. The van der Waals surface area contributed by atoms with Crippen LogP contribution < -0.4 is 0 Å². The Hall–Kier alpha value is -0.260. The predicted octanol–water partition coefficient (Wildman–Crippen LogP) is 3.50. The second-order valence-corrected chi connectivity index (χ2v) is 6.17. The van der Waals surface area contributed by atoms with E-state index in [4.69, 9.17) is 9.47 Å². The van der Waals surface area contributed by atoms with Gasteiger partial charge in [-0.05, 0) is 18.4 Å². The molecular formula is C14H21BrO3S. The minimum atomic E-state index is -0.772. The first kappa shape index (κ1) is 16.8. The summed E-state index contributed by atoms with van der Waals surface area (Å²) in [6.45, 7) is 5.15. The number of rotatable bonds is 7. The molecule has 0 aromatic rings. The fourth-order valence-electron chi connectivity index (χ4n) is 2.26. The van der Waals surface area contributed by atoms with Gasteiger partial charge in [0.15, 0.2) is 0 Å². The van der Waals surface area contributed by atoms with Crippen LogP contribution in [0.25, 0.3) is 0 Å². The number of allylic oxidation sites excluding steroid dienone is 4. The second kappa shape index (κ2) is 7.50. The zero-order valence-corrected chi connectivity index (χ0v) is 14.1. The maximum atomic E-state index is 11.8. The highest BCUT2D eigenvalue weighted by molar-refractivity contribution is 9.10. The molecule has 0 saturated carbocycles. The Bertz CT molecular complexity index is 392. The summed E-state index contributed by atoms with van der Waals surface area (Å²) in [5, 5.41) is -0.196. The minimum absolute atomic E-state index is 0.0330. The number of alkyl halides is 1. The van der Waals surface area contributed by atoms with E-state index in [9.17, 15) is 4.79 Å². The van der Waals surface area contributed by atoms with Gasteiger partial charge in [-0.3, -0.25) is 4.79 Å². The van der Waals surface area contributed by atoms with Crippen LogP contribution in [0.4, 0.5) is 0 Å². The summed E-state index contributed by atoms with van der Waals surface area (Å²) < 4.78 is 10.1. The first-order chi connectivity index (χ1) is 9.01. The Morgan fingerprint density at radius 2 is 2.16 bits per heavy atom. The summed E-state index contributed by atoms with van der Waals surface area (Å²) in [4.78, 5) is 11.8. The number of hydrogen-bond donors (Lipinski definition) is 1. The van der Waals surface area contributed by atoms with Gasteiger partial charge in [-0.2, -0.15) is 0 Å². The summed E-state index contributed by atoms with van der Waals surface area (Å²) in [6.07, 6.45) is 5.52. The normalized spacial score (nSPS) is 26.7. The number of carbonyl (C=O) groups excluding carboxylic acids is 1. The summed E-state index contributed by atoms with van der Waals surface area (Å²) >= 11 is 7.54. The summed E-state index contributed by atoms with van der Waals surface area (Å²) in [7, 11) is 1.64. The Labute approximate surface area is 129 Å². The first-order valence-electron chi connectivity index (χ1n) is 6.47. The molecule has 5 heteroatoms. The zero-order valence-electron chi connectivity index (χ0n) is 11.6. The third-order valence-electron chi connectivity index (χ3n) is 3.33. The van der Waals surface area contributed by atoms with Crippen LogP contribution in [-0.2, 0) is 14.3 Å². The second-order valence-electron chi connectivity index (χ2n) is 4.45. The number of thiol groups is 1. The number of ether oxygens (including phenoxy) is 2. The molecule has 2 atom stereocenters. The lowest BCUT2D eigenvalue weighted by Gasteiger charge is -2.35. The molecule has 0 fully saturated rings. The molecule has 0 amide bonds. The highest BCUT2D eigenvalue weighted by Gasteiger charge is 2.44. The minimum Gasteiger partial charge on any atom is -0.495 e. The van der Waals surface area contributed by atoms with Gasteiger partial charge in [0.05, 0.1) is 6.61 Å². The van der Waals surface area contributed by atoms with Crippen molar-refractivity contribution in [2.45, 2.75) is 31.0 Å². The van der Waals surface area contributed by atoms with Gasteiger partial charge < -0.3 is 9.47 Å². The van der Waals surface area contributed by atoms with Crippen LogP contribution in [0.5, 0.6) is 0 Å². The summed E-state index contributed by atoms with van der Waals surface area (Å²) in [5.74, 6) is 0.845. The van der Waals surface area contributed by atoms with E-state index in [1.807, 2.05) is 19.1 Å². The van der Waals surface area contributed by atoms with Gasteiger partial charge in [0.1, 0.15) is 16.7 Å². The Kier molecular flexibility index (Phi) is 6.63. The van der Waals surface area contributed by atoms with Crippen molar-refractivity contribution in [1.82, 2.24) is 0 Å². The van der Waals surface area contributed by atoms with E-state index in [1.165, 1.54) is 0 Å². The smallest absolute Gasteiger partial charge is 0.207 e. The van der Waals surface area contributed by atoms with Crippen LogP contribution >= 0.6 is 28.6 Å². The van der Waals surface area contributed by atoms with Gasteiger partial charge in [0.2, 0.25) is 5.12 Å². The lowest BCUT2D eigenvalue weighted by molar-refractivity contribution is -0.112. The lowest BCUT2D eigenvalue weighted by Crippen LogP contribution is -2.39. The molecule has 1 rings (SSSR count). The number of hydrogen-bond acceptors (Lipinski definition) is 3. The molecule has 0 N–H and O–H groups in total.